The Morgan fingerprint density at radius 1 is 1.31 bits per heavy atom. The SMILES string of the molecule is Nc1nc(C(=NO)C(=O)N[C@@H]2C(=O)N3C(C(=O)O)=C(C(Cc4cccc(O)c4)=C4CCNC4=O)CS[C@H]23)cs1. The topological polar surface area (TPSA) is 208 Å². The van der Waals surface area contributed by atoms with Gasteiger partial charge in [-0.25, -0.2) is 9.78 Å². The molecule has 0 spiro atoms. The highest BCUT2D eigenvalue weighted by molar-refractivity contribution is 8.00. The Bertz CT molecular complexity index is 1500. The molecule has 2 aromatic rings. The average molecular weight is 571 g/mol. The van der Waals surface area contributed by atoms with Gasteiger partial charge in [-0.2, -0.15) is 0 Å². The summed E-state index contributed by atoms with van der Waals surface area (Å²) in [6.07, 6.45) is 0.554. The van der Waals surface area contributed by atoms with Gasteiger partial charge in [0.2, 0.25) is 5.91 Å². The van der Waals surface area contributed by atoms with Crippen molar-refractivity contribution in [1.29, 1.82) is 0 Å². The van der Waals surface area contributed by atoms with E-state index in [0.29, 0.717) is 35.2 Å². The number of benzene rings is 1. The number of hydrogen-bond donors (Lipinski definition) is 6. The number of carbonyl (C=O) groups excluding carboxylic acids is 3. The number of nitrogen functional groups attached to an aromatic ring is 1. The van der Waals surface area contributed by atoms with Gasteiger partial charge in [-0.1, -0.05) is 17.3 Å². The van der Waals surface area contributed by atoms with Crippen LogP contribution in [0.25, 0.3) is 0 Å². The van der Waals surface area contributed by atoms with Crippen LogP contribution in [0.15, 0.2) is 57.2 Å². The number of fused-ring (bicyclic) bond motifs is 1. The fourth-order valence-electron chi connectivity index (χ4n) is 4.74. The van der Waals surface area contributed by atoms with Gasteiger partial charge in [-0.3, -0.25) is 19.3 Å². The Morgan fingerprint density at radius 2 is 2.10 bits per heavy atom. The molecule has 3 amide bonds. The maximum absolute atomic E-state index is 13.2. The molecule has 15 heteroatoms. The molecule has 3 aliphatic heterocycles. The Morgan fingerprint density at radius 3 is 2.72 bits per heavy atom. The Kier molecular flexibility index (Phi) is 7.01. The van der Waals surface area contributed by atoms with Crippen LogP contribution in [0.2, 0.25) is 0 Å². The lowest BCUT2D eigenvalue weighted by atomic mass is 9.90. The van der Waals surface area contributed by atoms with Crippen LogP contribution in [-0.2, 0) is 25.6 Å². The number of aromatic nitrogens is 1. The number of β-lactam (4-membered cyclic amide) rings is 1. The van der Waals surface area contributed by atoms with Crippen molar-refractivity contribution in [2.45, 2.75) is 24.3 Å². The maximum atomic E-state index is 13.2. The van der Waals surface area contributed by atoms with Crippen molar-refractivity contribution in [2.75, 3.05) is 18.0 Å². The highest BCUT2D eigenvalue weighted by Crippen LogP contribution is 2.44. The van der Waals surface area contributed by atoms with Crippen molar-refractivity contribution < 1.29 is 34.6 Å². The molecule has 2 fully saturated rings. The second-order valence-corrected chi connectivity index (χ2v) is 10.8. The number of allylic oxidation sites excluding steroid dienone is 1. The molecule has 5 rings (SSSR count). The minimum absolute atomic E-state index is 0.0286. The van der Waals surface area contributed by atoms with E-state index in [9.17, 15) is 34.6 Å². The van der Waals surface area contributed by atoms with Crippen molar-refractivity contribution in [3.05, 3.63) is 63.3 Å². The summed E-state index contributed by atoms with van der Waals surface area (Å²) in [4.78, 5) is 56.1. The van der Waals surface area contributed by atoms with Gasteiger partial charge in [0, 0.05) is 23.3 Å². The molecule has 202 valence electrons. The Labute approximate surface area is 229 Å². The maximum Gasteiger partial charge on any atom is 0.352 e. The van der Waals surface area contributed by atoms with Crippen LogP contribution < -0.4 is 16.4 Å². The Balaban J connectivity index is 1.46. The zero-order chi connectivity index (χ0) is 27.8. The quantitative estimate of drug-likeness (QED) is 0.0888. The number of aromatic hydroxyl groups is 1. The number of nitrogens with zero attached hydrogens (tertiary/aromatic N) is 3. The van der Waals surface area contributed by atoms with Gasteiger partial charge in [-0.05, 0) is 41.7 Å². The average Bonchev–Trinajstić information content (AvgIpc) is 3.53. The summed E-state index contributed by atoms with van der Waals surface area (Å²) in [7, 11) is 0. The summed E-state index contributed by atoms with van der Waals surface area (Å²) in [5, 5.41) is 38.5. The number of hydrogen-bond acceptors (Lipinski definition) is 11. The number of thiazole rings is 1. The van der Waals surface area contributed by atoms with Crippen LogP contribution in [0.1, 0.15) is 17.7 Å². The number of anilines is 1. The van der Waals surface area contributed by atoms with Gasteiger partial charge in [0.15, 0.2) is 10.8 Å². The molecule has 7 N–H and O–H groups in total. The summed E-state index contributed by atoms with van der Waals surface area (Å²) >= 11 is 2.27. The highest BCUT2D eigenvalue weighted by atomic mass is 32.2. The predicted molar refractivity (Wildman–Crippen MR) is 141 cm³/mol. The Hall–Kier alpha value is -4.37. The molecule has 1 aromatic heterocycles. The summed E-state index contributed by atoms with van der Waals surface area (Å²) in [5.41, 5.74) is 6.82. The molecule has 0 aliphatic carbocycles. The monoisotopic (exact) mass is 570 g/mol. The number of amides is 3. The largest absolute Gasteiger partial charge is 0.508 e. The molecule has 4 heterocycles. The van der Waals surface area contributed by atoms with E-state index in [1.807, 2.05) is 0 Å². The van der Waals surface area contributed by atoms with E-state index in [4.69, 9.17) is 5.73 Å². The third kappa shape index (κ3) is 4.81. The summed E-state index contributed by atoms with van der Waals surface area (Å²) in [5.74, 6) is -3.02. The predicted octanol–water partition coefficient (Wildman–Crippen LogP) is 0.407. The molecule has 2 atom stereocenters. The van der Waals surface area contributed by atoms with Gasteiger partial charge in [0.05, 0.1) is 0 Å². The van der Waals surface area contributed by atoms with Gasteiger partial charge >= 0.3 is 5.97 Å². The van der Waals surface area contributed by atoms with E-state index in [2.05, 4.69) is 20.8 Å². The molecule has 13 nitrogen and oxygen atoms in total. The number of nitrogens with two attached hydrogens (primary N) is 1. The number of phenolic OH excluding ortho intramolecular Hbond substituents is 1. The number of aliphatic carboxylic acids is 1. The second-order valence-electron chi connectivity index (χ2n) is 8.82. The number of nitrogens with one attached hydrogen (secondary N) is 2. The van der Waals surface area contributed by atoms with Crippen LogP contribution in [0.3, 0.4) is 0 Å². The first kappa shape index (κ1) is 26.2. The lowest BCUT2D eigenvalue weighted by Crippen LogP contribution is -2.71. The molecule has 39 heavy (non-hydrogen) atoms. The van der Waals surface area contributed by atoms with Crippen LogP contribution in [-0.4, -0.2) is 78.4 Å². The third-order valence-corrected chi connectivity index (χ3v) is 8.45. The van der Waals surface area contributed by atoms with Gasteiger partial charge in [0.25, 0.3) is 11.8 Å². The van der Waals surface area contributed by atoms with Gasteiger partial charge in [-0.15, -0.1) is 23.1 Å². The number of phenols is 1. The molecule has 0 bridgehead atoms. The third-order valence-electron chi connectivity index (χ3n) is 6.49. The van der Waals surface area contributed by atoms with E-state index in [-0.39, 0.29) is 40.4 Å². The molecular formula is C24H22N6O7S2. The fourth-order valence-corrected chi connectivity index (χ4v) is 6.68. The first-order chi connectivity index (χ1) is 18.7. The van der Waals surface area contributed by atoms with Crippen LogP contribution in [0, 0.1) is 0 Å². The van der Waals surface area contributed by atoms with E-state index >= 15 is 0 Å². The van der Waals surface area contributed by atoms with Crippen molar-refractivity contribution >= 4 is 57.6 Å². The van der Waals surface area contributed by atoms with E-state index < -0.39 is 34.9 Å². The first-order valence-corrected chi connectivity index (χ1v) is 13.6. The lowest BCUT2D eigenvalue weighted by molar-refractivity contribution is -0.150. The molecule has 0 unspecified atom stereocenters. The highest BCUT2D eigenvalue weighted by Gasteiger charge is 2.55. The van der Waals surface area contributed by atoms with E-state index in [1.54, 1.807) is 12.1 Å². The molecule has 2 saturated heterocycles. The second kappa shape index (κ2) is 10.4. The van der Waals surface area contributed by atoms with Crippen molar-refractivity contribution in [3.8, 4) is 5.75 Å². The number of carboxylic acid groups (broad SMARTS) is 1. The molecule has 0 radical (unpaired) electrons. The minimum atomic E-state index is -1.35. The minimum Gasteiger partial charge on any atom is -0.508 e. The van der Waals surface area contributed by atoms with Gasteiger partial charge < -0.3 is 31.8 Å². The van der Waals surface area contributed by atoms with E-state index in [1.165, 1.54) is 29.3 Å². The number of thioether (sulfide) groups is 1. The number of carbonyl (C=O) groups is 4. The number of carboxylic acids is 1. The van der Waals surface area contributed by atoms with Crippen molar-refractivity contribution in [3.63, 3.8) is 0 Å². The van der Waals surface area contributed by atoms with Crippen LogP contribution in [0.4, 0.5) is 5.13 Å². The molecular weight excluding hydrogens is 548 g/mol. The zero-order valence-electron chi connectivity index (χ0n) is 20.1. The molecule has 0 saturated carbocycles. The normalized spacial score (nSPS) is 22.3. The summed E-state index contributed by atoms with van der Waals surface area (Å²) in [6.45, 7) is 0.402. The molecule has 1 aromatic carbocycles. The smallest absolute Gasteiger partial charge is 0.352 e. The van der Waals surface area contributed by atoms with Crippen molar-refractivity contribution in [2.24, 2.45) is 5.16 Å². The summed E-state index contributed by atoms with van der Waals surface area (Å²) < 4.78 is 0. The number of oxime groups is 1. The van der Waals surface area contributed by atoms with Crippen LogP contribution >= 0.6 is 23.1 Å². The number of rotatable bonds is 7. The summed E-state index contributed by atoms with van der Waals surface area (Å²) in [6, 6.07) is 5.36. The van der Waals surface area contributed by atoms with Crippen LogP contribution in [0.5, 0.6) is 5.75 Å². The molecule has 3 aliphatic rings. The standard InChI is InChI=1S/C24H22N6O7S2/c25-24-27-15(9-39-24)16(29-37)20(33)28-17-21(34)30-18(23(35)36)14(8-38-22(17)30)13(12-4-5-26-19(12)32)7-10-2-1-3-11(31)6-10/h1-3,6,9,17,22,31,37H,4-5,7-8H2,(H2,25,27)(H,26,32)(H,28,33)(H,35,36)/t17-,22-/m1/s1. The zero-order valence-corrected chi connectivity index (χ0v) is 21.7. The van der Waals surface area contributed by atoms with Crippen molar-refractivity contribution in [1.82, 2.24) is 20.5 Å². The van der Waals surface area contributed by atoms with E-state index in [0.717, 1.165) is 16.2 Å². The first-order valence-electron chi connectivity index (χ1n) is 11.6. The fraction of sp³-hybridized carbons (Fsp3) is 0.250. The van der Waals surface area contributed by atoms with Gasteiger partial charge in [0.1, 0.15) is 28.6 Å². The lowest BCUT2D eigenvalue weighted by Gasteiger charge is -2.49.